The minimum absolute atomic E-state index is 0.0498. The summed E-state index contributed by atoms with van der Waals surface area (Å²) < 4.78 is 84.4. The van der Waals surface area contributed by atoms with Crippen LogP contribution in [0.4, 0.5) is 22.0 Å². The highest BCUT2D eigenvalue weighted by molar-refractivity contribution is 5.35. The van der Waals surface area contributed by atoms with Gasteiger partial charge in [-0.15, -0.1) is 6.58 Å². The van der Waals surface area contributed by atoms with Crippen molar-refractivity contribution in [3.63, 3.8) is 0 Å². The minimum Gasteiger partial charge on any atom is -0.490 e. The van der Waals surface area contributed by atoms with Crippen LogP contribution in [-0.2, 0) is 0 Å². The lowest BCUT2D eigenvalue weighted by Gasteiger charge is -2.32. The Morgan fingerprint density at radius 1 is 0.826 bits per heavy atom. The van der Waals surface area contributed by atoms with Crippen LogP contribution in [0.2, 0.25) is 0 Å². The molecule has 0 saturated heterocycles. The molecule has 1 unspecified atom stereocenters. The van der Waals surface area contributed by atoms with Crippen LogP contribution in [0.25, 0.3) is 0 Å². The van der Waals surface area contributed by atoms with E-state index in [2.05, 4.69) is 25.3 Å². The largest absolute Gasteiger partial charge is 0.490 e. The molecule has 4 rings (SSSR count). The summed E-state index contributed by atoms with van der Waals surface area (Å²) in [4.78, 5) is 0. The highest BCUT2D eigenvalue weighted by Gasteiger charge is 2.44. The zero-order valence-electron chi connectivity index (χ0n) is 27.8. The lowest BCUT2D eigenvalue weighted by atomic mass is 9.78. The van der Waals surface area contributed by atoms with Crippen LogP contribution in [-0.4, -0.2) is 18.9 Å². The second-order valence-electron chi connectivity index (χ2n) is 14.2. The first-order chi connectivity index (χ1) is 22.2. The van der Waals surface area contributed by atoms with Crippen LogP contribution in [0.5, 0.6) is 11.5 Å². The molecule has 0 heterocycles. The Morgan fingerprint density at radius 3 is 2.04 bits per heavy atom. The molecule has 3 fully saturated rings. The number of halogens is 5. The third-order valence-electron chi connectivity index (χ3n) is 10.8. The number of ether oxygens (including phenoxy) is 2. The molecule has 0 N–H and O–H groups in total. The van der Waals surface area contributed by atoms with Gasteiger partial charge in [0.05, 0.1) is 12.5 Å². The molecule has 3 aliphatic rings. The van der Waals surface area contributed by atoms with Crippen molar-refractivity contribution >= 4 is 0 Å². The molecule has 3 aliphatic carbocycles. The van der Waals surface area contributed by atoms with E-state index in [1.54, 1.807) is 0 Å². The molecule has 258 valence electrons. The summed E-state index contributed by atoms with van der Waals surface area (Å²) in [5, 5.41) is 0. The summed E-state index contributed by atoms with van der Waals surface area (Å²) in [5.41, 5.74) is 0. The predicted octanol–water partition coefficient (Wildman–Crippen LogP) is 12.0. The van der Waals surface area contributed by atoms with E-state index in [4.69, 9.17) is 9.47 Å². The van der Waals surface area contributed by atoms with Gasteiger partial charge in [-0.3, -0.25) is 0 Å². The van der Waals surface area contributed by atoms with Gasteiger partial charge >= 0.3 is 6.11 Å². The molecular weight excluding hydrogens is 595 g/mol. The van der Waals surface area contributed by atoms with E-state index >= 15 is 8.78 Å². The zero-order chi connectivity index (χ0) is 32.9. The monoisotopic (exact) mass is 650 g/mol. The van der Waals surface area contributed by atoms with Crippen LogP contribution in [0.15, 0.2) is 24.8 Å². The fraction of sp³-hybridized carbons (Fsp3) is 0.744. The SMILES string of the molecule is C=CC1CCC(C(F)CCOc2ccc(OC(F)(F)C3CCC(C#CC4CCC(CCCCCCC)CC4)CC3)c(F)c2F)CC1. The molecule has 1 aromatic carbocycles. The first kappa shape index (κ1) is 36.6. The van der Waals surface area contributed by atoms with Crippen molar-refractivity contribution in [1.29, 1.82) is 0 Å². The highest BCUT2D eigenvalue weighted by Crippen LogP contribution is 2.42. The Balaban J connectivity index is 1.17. The maximum absolute atomic E-state index is 15.1. The number of alkyl halides is 3. The van der Waals surface area contributed by atoms with Gasteiger partial charge in [0, 0.05) is 18.3 Å². The van der Waals surface area contributed by atoms with Crippen molar-refractivity contribution < 1.29 is 31.4 Å². The van der Waals surface area contributed by atoms with Crippen molar-refractivity contribution in [1.82, 2.24) is 0 Å². The van der Waals surface area contributed by atoms with Crippen LogP contribution >= 0.6 is 0 Å². The summed E-state index contributed by atoms with van der Waals surface area (Å²) in [6, 6.07) is 2.03. The molecule has 2 nitrogen and oxygen atoms in total. The van der Waals surface area contributed by atoms with Gasteiger partial charge in [-0.05, 0) is 107 Å². The molecular formula is C39H55F5O2. The Hall–Kier alpha value is -2.23. The quantitative estimate of drug-likeness (QED) is 0.0814. The van der Waals surface area contributed by atoms with Crippen molar-refractivity contribution in [2.75, 3.05) is 6.61 Å². The first-order valence-corrected chi connectivity index (χ1v) is 18.1. The van der Waals surface area contributed by atoms with Crippen molar-refractivity contribution in [2.45, 2.75) is 141 Å². The predicted molar refractivity (Wildman–Crippen MR) is 175 cm³/mol. The topological polar surface area (TPSA) is 18.5 Å². The minimum atomic E-state index is -3.64. The van der Waals surface area contributed by atoms with Gasteiger partial charge in [0.1, 0.15) is 6.17 Å². The average Bonchev–Trinajstić information content (AvgIpc) is 3.07. The number of unbranched alkanes of at least 4 members (excludes halogenated alkanes) is 4. The molecule has 0 amide bonds. The number of hydrogen-bond acceptors (Lipinski definition) is 2. The molecule has 7 heteroatoms. The highest BCUT2D eigenvalue weighted by atomic mass is 19.3. The fourth-order valence-corrected chi connectivity index (χ4v) is 7.64. The van der Waals surface area contributed by atoms with E-state index < -0.39 is 41.3 Å². The average molecular weight is 651 g/mol. The normalized spacial score (nSPS) is 27.7. The summed E-state index contributed by atoms with van der Waals surface area (Å²) in [6.07, 6.45) is 14.7. The zero-order valence-corrected chi connectivity index (χ0v) is 27.8. The lowest BCUT2D eigenvalue weighted by Crippen LogP contribution is -2.37. The third kappa shape index (κ3) is 10.9. The lowest BCUT2D eigenvalue weighted by molar-refractivity contribution is -0.224. The maximum Gasteiger partial charge on any atom is 0.400 e. The summed E-state index contributed by atoms with van der Waals surface area (Å²) >= 11 is 0. The van der Waals surface area contributed by atoms with E-state index in [-0.39, 0.29) is 37.7 Å². The molecule has 0 spiro atoms. The van der Waals surface area contributed by atoms with Crippen molar-refractivity contribution in [2.24, 2.45) is 35.5 Å². The van der Waals surface area contributed by atoms with Crippen LogP contribution in [0.3, 0.4) is 0 Å². The number of benzene rings is 1. The molecule has 3 saturated carbocycles. The molecule has 1 atom stereocenters. The van der Waals surface area contributed by atoms with Crippen molar-refractivity contribution in [3.8, 4) is 23.3 Å². The van der Waals surface area contributed by atoms with E-state index in [1.807, 2.05) is 6.08 Å². The summed E-state index contributed by atoms with van der Waals surface area (Å²) in [5.74, 6) is 3.17. The Labute approximate surface area is 274 Å². The van der Waals surface area contributed by atoms with Crippen LogP contribution < -0.4 is 9.47 Å². The van der Waals surface area contributed by atoms with Crippen LogP contribution in [0, 0.1) is 59.0 Å². The Bertz CT molecular complexity index is 1120. The second kappa shape index (κ2) is 18.3. The third-order valence-corrected chi connectivity index (χ3v) is 10.8. The van der Waals surface area contributed by atoms with Gasteiger partial charge in [-0.2, -0.15) is 17.6 Å². The smallest absolute Gasteiger partial charge is 0.400 e. The van der Waals surface area contributed by atoms with E-state index in [1.165, 1.54) is 51.4 Å². The molecule has 0 aliphatic heterocycles. The molecule has 0 bridgehead atoms. The van der Waals surface area contributed by atoms with Crippen molar-refractivity contribution in [3.05, 3.63) is 36.4 Å². The van der Waals surface area contributed by atoms with E-state index in [0.29, 0.717) is 24.7 Å². The second-order valence-corrected chi connectivity index (χ2v) is 14.2. The van der Waals surface area contributed by atoms with Crippen LogP contribution in [0.1, 0.15) is 129 Å². The number of hydrogen-bond donors (Lipinski definition) is 0. The molecule has 0 aromatic heterocycles. The molecule has 46 heavy (non-hydrogen) atoms. The van der Waals surface area contributed by atoms with Gasteiger partial charge in [-0.25, -0.2) is 4.39 Å². The van der Waals surface area contributed by atoms with Gasteiger partial charge in [0.15, 0.2) is 11.5 Å². The van der Waals surface area contributed by atoms with Gasteiger partial charge in [-0.1, -0.05) is 63.4 Å². The molecule has 1 aromatic rings. The maximum atomic E-state index is 15.1. The first-order valence-electron chi connectivity index (χ1n) is 18.1. The summed E-state index contributed by atoms with van der Waals surface area (Å²) in [7, 11) is 0. The Kier molecular flexibility index (Phi) is 14.6. The number of allylic oxidation sites excluding steroid dienone is 1. The van der Waals surface area contributed by atoms with E-state index in [9.17, 15) is 13.2 Å². The Morgan fingerprint density at radius 2 is 1.41 bits per heavy atom. The van der Waals surface area contributed by atoms with Gasteiger partial charge in [0.2, 0.25) is 11.6 Å². The van der Waals surface area contributed by atoms with Gasteiger partial charge in [0.25, 0.3) is 0 Å². The summed E-state index contributed by atoms with van der Waals surface area (Å²) in [6.45, 7) is 5.91. The van der Waals surface area contributed by atoms with E-state index in [0.717, 1.165) is 56.6 Å². The van der Waals surface area contributed by atoms with Gasteiger partial charge < -0.3 is 9.47 Å². The number of rotatable bonds is 15. The fourth-order valence-electron chi connectivity index (χ4n) is 7.64. The molecule has 0 radical (unpaired) electrons. The standard InChI is InChI=1S/C39H55F5O2/c1-3-5-6-7-8-9-29-10-12-30(13-11-29)14-15-31-18-22-33(23-19-31)39(43,44)46-36-25-24-35(37(41)38(36)42)45-27-26-34(40)32-20-16-28(4-2)17-21-32/h4,24-25,28-34H,2-3,5-13,16-23,26-27H2,1H3.